The summed E-state index contributed by atoms with van der Waals surface area (Å²) in [5.74, 6) is 0. The van der Waals surface area contributed by atoms with Crippen molar-refractivity contribution in [1.82, 2.24) is 0 Å². The van der Waals surface area contributed by atoms with Gasteiger partial charge >= 0.3 is 123 Å². The van der Waals surface area contributed by atoms with Crippen molar-refractivity contribution >= 4 is 48.9 Å². The summed E-state index contributed by atoms with van der Waals surface area (Å²) in [6.07, 6.45) is 0. The fourth-order valence-corrected chi connectivity index (χ4v) is 0. The van der Waals surface area contributed by atoms with Crippen LogP contribution in [0.5, 0.6) is 0 Å². The van der Waals surface area contributed by atoms with Gasteiger partial charge in [-0.05, 0) is 0 Å². The fourth-order valence-electron chi connectivity index (χ4n) is 0. The van der Waals surface area contributed by atoms with Crippen molar-refractivity contribution in [2.75, 3.05) is 0 Å². The Bertz CT molecular complexity index is 11.7. The first-order chi connectivity index (χ1) is 0. The van der Waals surface area contributed by atoms with Gasteiger partial charge in [0.1, 0.15) is 0 Å². The van der Waals surface area contributed by atoms with Crippen LogP contribution in [0.4, 0.5) is 0 Å². The Balaban J connectivity index is 0. The maximum absolute atomic E-state index is 0. The molecule has 0 rings (SSSR count). The van der Waals surface area contributed by atoms with Crippen LogP contribution in [0.25, 0.3) is 0 Å². The summed E-state index contributed by atoms with van der Waals surface area (Å²) in [7, 11) is 0. The largest absolute Gasteiger partial charge is 3.00 e. The topological polar surface area (TPSA) is 114 Å². The predicted octanol–water partition coefficient (Wildman–Crippen LogP) is -0.859. The second-order valence-corrected chi connectivity index (χ2v) is 0. The van der Waals surface area contributed by atoms with Crippen LogP contribution in [0.15, 0.2) is 0 Å². The summed E-state index contributed by atoms with van der Waals surface area (Å²) in [5, 5.41) is 0. The Morgan fingerprint density at radius 3 is 0.571 bits per heavy atom. The molecule has 0 fully saturated rings. The summed E-state index contributed by atoms with van der Waals surface area (Å²) >= 11 is 0. The molecule has 0 atom stereocenters. The monoisotopic (exact) mass is 431 g/mol. The van der Waals surface area contributed by atoms with Gasteiger partial charge in [-0.1, -0.05) is 0 Å². The minimum absolute atomic E-state index is 0. The molecular formula is BaCeO4Y. The van der Waals surface area contributed by atoms with Crippen molar-refractivity contribution in [3.8, 4) is 0 Å². The smallest absolute Gasteiger partial charge is 2.00 e. The summed E-state index contributed by atoms with van der Waals surface area (Å²) in [6.45, 7) is 0. The molecule has 0 aliphatic heterocycles. The third kappa shape index (κ3) is 40.7. The van der Waals surface area contributed by atoms with E-state index in [0.717, 1.165) is 0 Å². The second kappa shape index (κ2) is 51.6. The van der Waals surface area contributed by atoms with Gasteiger partial charge in [0.25, 0.3) is 0 Å². The molecule has 0 aromatic heterocycles. The molecule has 7 heavy (non-hydrogen) atoms. The molecule has 33 valence electrons. The molecule has 4 nitrogen and oxygen atoms in total. The van der Waals surface area contributed by atoms with Crippen LogP contribution in [0, 0.1) is 41.7 Å². The average molecular weight is 430 g/mol. The molecule has 0 N–H and O–H groups in total. The van der Waals surface area contributed by atoms with Gasteiger partial charge in [0.05, 0.1) is 0 Å². The van der Waals surface area contributed by atoms with Gasteiger partial charge in [-0.2, -0.15) is 0 Å². The molecule has 0 aromatic carbocycles. The number of hydrogen-bond donors (Lipinski definition) is 0. The molecule has 1 radical (unpaired) electrons. The molecule has 0 bridgehead atoms. The van der Waals surface area contributed by atoms with Crippen molar-refractivity contribution in [2.45, 2.75) is 0 Å². The Hall–Kier alpha value is 3.89. The fraction of sp³-hybridized carbons (Fsp3) is 0. The van der Waals surface area contributed by atoms with Crippen molar-refractivity contribution in [1.29, 1.82) is 0 Å². The van der Waals surface area contributed by atoms with E-state index in [1.54, 1.807) is 0 Å². The minimum atomic E-state index is 0. The quantitative estimate of drug-likeness (QED) is 0.446. The molecule has 0 spiro atoms. The third-order valence-corrected chi connectivity index (χ3v) is 0. The van der Waals surface area contributed by atoms with Gasteiger partial charge < -0.3 is 21.9 Å². The molecule has 0 aliphatic rings. The molecule has 0 saturated carbocycles. The van der Waals surface area contributed by atoms with Crippen LogP contribution in [0.2, 0.25) is 0 Å². The number of rotatable bonds is 0. The zero-order valence-electron chi connectivity index (χ0n) is 3.42. The van der Waals surface area contributed by atoms with Crippen molar-refractivity contribution < 1.29 is 96.4 Å². The van der Waals surface area contributed by atoms with Crippen LogP contribution in [-0.2, 0) is 54.6 Å². The zero-order chi connectivity index (χ0) is 0. The van der Waals surface area contributed by atoms with Crippen LogP contribution < -0.4 is 0 Å². The van der Waals surface area contributed by atoms with E-state index >= 15 is 0 Å². The van der Waals surface area contributed by atoms with Gasteiger partial charge in [-0.15, -0.1) is 0 Å². The van der Waals surface area contributed by atoms with E-state index in [0.29, 0.717) is 0 Å². The average Bonchev–Trinajstić information content (AvgIpc) is 0. The maximum atomic E-state index is 0. The Morgan fingerprint density at radius 2 is 0.571 bits per heavy atom. The summed E-state index contributed by atoms with van der Waals surface area (Å²) in [5.41, 5.74) is 0. The molecule has 0 aromatic rings. The predicted molar refractivity (Wildman–Crippen MR) is 8.50 cm³/mol. The van der Waals surface area contributed by atoms with E-state index in [1.165, 1.54) is 0 Å². The van der Waals surface area contributed by atoms with Crippen LogP contribution in [0.3, 0.4) is 0 Å². The minimum Gasteiger partial charge on any atom is -2.00 e. The molecule has 0 aliphatic carbocycles. The van der Waals surface area contributed by atoms with Gasteiger partial charge in [0, 0.05) is 0 Å². The van der Waals surface area contributed by atoms with Crippen LogP contribution >= 0.6 is 0 Å². The van der Waals surface area contributed by atoms with E-state index in [4.69, 9.17) is 0 Å². The molecular weight excluding hydrogens is 430 g/mol. The molecule has 0 unspecified atom stereocenters. The van der Waals surface area contributed by atoms with Crippen LogP contribution in [-0.4, -0.2) is 48.9 Å². The summed E-state index contributed by atoms with van der Waals surface area (Å²) in [4.78, 5) is 0. The zero-order valence-corrected chi connectivity index (χ0v) is 13.8. The Morgan fingerprint density at radius 1 is 0.571 bits per heavy atom. The standard InChI is InChI=1S/Ba.Ce.4O.Y/q+2;+3;4*-2;+3. The normalized spacial score (nSPS) is 0. The summed E-state index contributed by atoms with van der Waals surface area (Å²) < 4.78 is 0. The van der Waals surface area contributed by atoms with E-state index < -0.39 is 0 Å². The Labute approximate surface area is 141 Å². The SMILES string of the molecule is [Ba+2].[Ce+3].[O-2].[O-2].[O-2].[O-2].[Y+3]. The van der Waals surface area contributed by atoms with Gasteiger partial charge in [0.15, 0.2) is 0 Å². The van der Waals surface area contributed by atoms with E-state index in [2.05, 4.69) is 0 Å². The van der Waals surface area contributed by atoms with Crippen molar-refractivity contribution in [3.63, 3.8) is 0 Å². The second-order valence-electron chi connectivity index (χ2n) is 0. The number of hydrogen-bond acceptors (Lipinski definition) is 0. The Kier molecular flexibility index (Phi) is 519. The first-order valence-electron chi connectivity index (χ1n) is 0. The van der Waals surface area contributed by atoms with Gasteiger partial charge in [-0.25, -0.2) is 0 Å². The van der Waals surface area contributed by atoms with Gasteiger partial charge in [-0.3, -0.25) is 0 Å². The van der Waals surface area contributed by atoms with Crippen LogP contribution in [0.1, 0.15) is 0 Å². The first-order valence-corrected chi connectivity index (χ1v) is 0. The molecule has 0 heterocycles. The molecule has 7 heteroatoms. The molecule has 0 saturated heterocycles. The third-order valence-electron chi connectivity index (χ3n) is 0. The maximum Gasteiger partial charge on any atom is 3.00 e. The summed E-state index contributed by atoms with van der Waals surface area (Å²) in [6, 6.07) is 0. The van der Waals surface area contributed by atoms with E-state index in [1.807, 2.05) is 0 Å². The van der Waals surface area contributed by atoms with Crippen molar-refractivity contribution in [2.24, 2.45) is 0 Å². The van der Waals surface area contributed by atoms with E-state index in [-0.39, 0.29) is 145 Å². The molecule has 0 amide bonds. The van der Waals surface area contributed by atoms with E-state index in [9.17, 15) is 0 Å². The van der Waals surface area contributed by atoms with Gasteiger partial charge in [0.2, 0.25) is 0 Å². The first kappa shape index (κ1) is 70.4. The van der Waals surface area contributed by atoms with Crippen molar-refractivity contribution in [3.05, 3.63) is 0 Å².